The molecule has 0 spiro atoms. The van der Waals surface area contributed by atoms with E-state index in [9.17, 15) is 18.0 Å². The van der Waals surface area contributed by atoms with Crippen molar-refractivity contribution >= 4 is 33.5 Å². The fourth-order valence-electron chi connectivity index (χ4n) is 4.14. The summed E-state index contributed by atoms with van der Waals surface area (Å²) in [6.45, 7) is 5.48. The van der Waals surface area contributed by atoms with Crippen molar-refractivity contribution in [2.45, 2.75) is 82.1 Å². The van der Waals surface area contributed by atoms with Crippen molar-refractivity contribution in [3.63, 3.8) is 0 Å². The molecule has 0 aromatic heterocycles. The SMILES string of the molecule is CC1CN(S(=O)(=O)c2cc(C(=O)OC(C)C(=O)NC3CCCCC3)ccc2Cl)CC(C)O1. The molecule has 32 heavy (non-hydrogen) atoms. The molecule has 8 nitrogen and oxygen atoms in total. The van der Waals surface area contributed by atoms with Crippen molar-refractivity contribution in [2.24, 2.45) is 0 Å². The molecule has 1 saturated heterocycles. The summed E-state index contributed by atoms with van der Waals surface area (Å²) in [5.74, 6) is -1.14. The molecule has 1 aliphatic heterocycles. The van der Waals surface area contributed by atoms with E-state index in [4.69, 9.17) is 21.1 Å². The zero-order valence-electron chi connectivity index (χ0n) is 18.7. The predicted octanol–water partition coefficient (Wildman–Crippen LogP) is 3.13. The summed E-state index contributed by atoms with van der Waals surface area (Å²) >= 11 is 6.19. The van der Waals surface area contributed by atoms with Gasteiger partial charge in [0.15, 0.2) is 6.10 Å². The Morgan fingerprint density at radius 2 is 1.78 bits per heavy atom. The quantitative estimate of drug-likeness (QED) is 0.620. The highest BCUT2D eigenvalue weighted by Gasteiger charge is 2.34. The van der Waals surface area contributed by atoms with Crippen molar-refractivity contribution in [1.29, 1.82) is 0 Å². The molecule has 10 heteroatoms. The van der Waals surface area contributed by atoms with Gasteiger partial charge in [-0.25, -0.2) is 13.2 Å². The Labute approximate surface area is 194 Å². The van der Waals surface area contributed by atoms with Crippen LogP contribution in [-0.4, -0.2) is 62.0 Å². The van der Waals surface area contributed by atoms with Gasteiger partial charge in [0, 0.05) is 19.1 Å². The van der Waals surface area contributed by atoms with Gasteiger partial charge in [-0.2, -0.15) is 4.31 Å². The van der Waals surface area contributed by atoms with Gasteiger partial charge in [-0.05, 0) is 51.8 Å². The maximum absolute atomic E-state index is 13.2. The van der Waals surface area contributed by atoms with Gasteiger partial charge in [0.05, 0.1) is 22.8 Å². The van der Waals surface area contributed by atoms with E-state index in [2.05, 4.69) is 5.32 Å². The van der Waals surface area contributed by atoms with Crippen molar-refractivity contribution in [3.8, 4) is 0 Å². The predicted molar refractivity (Wildman–Crippen MR) is 120 cm³/mol. The number of nitrogens with one attached hydrogen (secondary N) is 1. The summed E-state index contributed by atoms with van der Waals surface area (Å²) in [4.78, 5) is 24.9. The first-order chi connectivity index (χ1) is 15.1. The van der Waals surface area contributed by atoms with Gasteiger partial charge in [0.25, 0.3) is 5.91 Å². The van der Waals surface area contributed by atoms with Crippen LogP contribution in [0.1, 0.15) is 63.2 Å². The lowest BCUT2D eigenvalue weighted by molar-refractivity contribution is -0.130. The summed E-state index contributed by atoms with van der Waals surface area (Å²) in [5.41, 5.74) is 0.0136. The van der Waals surface area contributed by atoms with E-state index in [1.165, 1.54) is 35.8 Å². The summed E-state index contributed by atoms with van der Waals surface area (Å²) < 4.78 is 38.6. The minimum Gasteiger partial charge on any atom is -0.449 e. The number of ether oxygens (including phenoxy) is 2. The third-order valence-corrected chi connectivity index (χ3v) is 8.09. The summed E-state index contributed by atoms with van der Waals surface area (Å²) in [6, 6.07) is 4.05. The number of sulfonamides is 1. The Bertz CT molecular complexity index is 938. The lowest BCUT2D eigenvalue weighted by Gasteiger charge is -2.34. The standard InChI is InChI=1S/C22H31ClN2O6S/c1-14-12-25(13-15(2)30-14)32(28,29)20-11-17(9-10-19(20)23)22(27)31-16(3)21(26)24-18-7-5-4-6-8-18/h9-11,14-16,18H,4-8,12-13H2,1-3H3,(H,24,26). The van der Waals surface area contributed by atoms with Crippen LogP contribution in [0.3, 0.4) is 0 Å². The van der Waals surface area contributed by atoms with Gasteiger partial charge in [-0.3, -0.25) is 4.79 Å². The number of nitrogens with zero attached hydrogens (tertiary/aromatic N) is 1. The molecule has 3 unspecified atom stereocenters. The number of hydrogen-bond acceptors (Lipinski definition) is 6. The van der Waals surface area contributed by atoms with E-state index in [0.29, 0.717) is 0 Å². The molecule has 178 valence electrons. The Hall–Kier alpha value is -1.68. The third kappa shape index (κ3) is 6.01. The van der Waals surface area contributed by atoms with Gasteiger partial charge in [-0.15, -0.1) is 0 Å². The Kier molecular flexibility index (Phi) is 8.19. The van der Waals surface area contributed by atoms with Crippen molar-refractivity contribution in [1.82, 2.24) is 9.62 Å². The highest BCUT2D eigenvalue weighted by atomic mass is 35.5. The van der Waals surface area contributed by atoms with Crippen LogP contribution >= 0.6 is 11.6 Å². The van der Waals surface area contributed by atoms with Crippen LogP contribution in [0.15, 0.2) is 23.1 Å². The molecule has 3 rings (SSSR count). The van der Waals surface area contributed by atoms with Crippen LogP contribution in [0.5, 0.6) is 0 Å². The second-order valence-electron chi connectivity index (χ2n) is 8.62. The van der Waals surface area contributed by atoms with Crippen LogP contribution in [0.4, 0.5) is 0 Å². The van der Waals surface area contributed by atoms with E-state index >= 15 is 0 Å². The average molecular weight is 487 g/mol. The minimum absolute atomic E-state index is 0.0106. The summed E-state index contributed by atoms with van der Waals surface area (Å²) in [5, 5.41) is 2.93. The van der Waals surface area contributed by atoms with E-state index in [1.54, 1.807) is 13.8 Å². The fourth-order valence-corrected chi connectivity index (χ4v) is 6.23. The Balaban J connectivity index is 1.71. The Morgan fingerprint density at radius 3 is 2.41 bits per heavy atom. The molecule has 2 fully saturated rings. The van der Waals surface area contributed by atoms with Crippen LogP contribution in [0.2, 0.25) is 5.02 Å². The van der Waals surface area contributed by atoms with Crippen molar-refractivity contribution < 1.29 is 27.5 Å². The van der Waals surface area contributed by atoms with Gasteiger partial charge in [0.1, 0.15) is 4.90 Å². The summed E-state index contributed by atoms with van der Waals surface area (Å²) in [7, 11) is -3.94. The number of rotatable bonds is 6. The topological polar surface area (TPSA) is 102 Å². The molecule has 1 aromatic rings. The third-order valence-electron chi connectivity index (χ3n) is 5.78. The van der Waals surface area contributed by atoms with Gasteiger partial charge < -0.3 is 14.8 Å². The number of morpholine rings is 1. The molecule has 0 radical (unpaired) electrons. The molecule has 0 bridgehead atoms. The highest BCUT2D eigenvalue weighted by molar-refractivity contribution is 7.89. The number of amides is 1. The molecule has 1 saturated carbocycles. The van der Waals surface area contributed by atoms with E-state index in [1.807, 2.05) is 0 Å². The second-order valence-corrected chi connectivity index (χ2v) is 10.9. The number of esters is 1. The lowest BCUT2D eigenvalue weighted by atomic mass is 9.95. The Morgan fingerprint density at radius 1 is 1.16 bits per heavy atom. The van der Waals surface area contributed by atoms with Gasteiger partial charge in [0.2, 0.25) is 10.0 Å². The first kappa shape index (κ1) is 25.0. The van der Waals surface area contributed by atoms with E-state index < -0.39 is 22.1 Å². The maximum atomic E-state index is 13.2. The number of carbonyl (C=O) groups excluding carboxylic acids is 2. The monoisotopic (exact) mass is 486 g/mol. The number of carbonyl (C=O) groups is 2. The highest BCUT2D eigenvalue weighted by Crippen LogP contribution is 2.28. The second kappa shape index (κ2) is 10.5. The smallest absolute Gasteiger partial charge is 0.338 e. The lowest BCUT2D eigenvalue weighted by Crippen LogP contribution is -2.48. The summed E-state index contributed by atoms with van der Waals surface area (Å²) in [6.07, 6.45) is 3.63. The largest absolute Gasteiger partial charge is 0.449 e. The maximum Gasteiger partial charge on any atom is 0.338 e. The molecule has 1 N–H and O–H groups in total. The number of halogens is 1. The molecule has 1 aliphatic carbocycles. The van der Waals surface area contributed by atoms with Crippen LogP contribution < -0.4 is 5.32 Å². The number of hydrogen-bond donors (Lipinski definition) is 1. The van der Waals surface area contributed by atoms with Crippen molar-refractivity contribution in [3.05, 3.63) is 28.8 Å². The normalized spacial score (nSPS) is 24.0. The molecule has 1 heterocycles. The van der Waals surface area contributed by atoms with Crippen LogP contribution in [0.25, 0.3) is 0 Å². The van der Waals surface area contributed by atoms with Gasteiger partial charge >= 0.3 is 5.97 Å². The van der Waals surface area contributed by atoms with E-state index in [-0.39, 0.29) is 52.7 Å². The van der Waals surface area contributed by atoms with E-state index in [0.717, 1.165) is 25.7 Å². The number of benzene rings is 1. The molecule has 3 atom stereocenters. The molecular weight excluding hydrogens is 456 g/mol. The first-order valence-corrected chi connectivity index (χ1v) is 12.9. The average Bonchev–Trinajstić information content (AvgIpc) is 2.73. The minimum atomic E-state index is -3.94. The molecular formula is C22H31ClN2O6S. The van der Waals surface area contributed by atoms with Gasteiger partial charge in [-0.1, -0.05) is 30.9 Å². The molecule has 2 aliphatic rings. The molecule has 1 aromatic carbocycles. The molecule has 1 amide bonds. The van der Waals surface area contributed by atoms with Crippen LogP contribution in [-0.2, 0) is 24.3 Å². The fraction of sp³-hybridized carbons (Fsp3) is 0.636. The zero-order chi connectivity index (χ0) is 23.5. The van der Waals surface area contributed by atoms with Crippen molar-refractivity contribution in [2.75, 3.05) is 13.1 Å². The zero-order valence-corrected chi connectivity index (χ0v) is 20.2. The first-order valence-electron chi connectivity index (χ1n) is 11.0. The van der Waals surface area contributed by atoms with Crippen LogP contribution in [0, 0.1) is 0 Å².